The second-order valence-corrected chi connectivity index (χ2v) is 8.09. The summed E-state index contributed by atoms with van der Waals surface area (Å²) in [4.78, 5) is 27.6. The Balaban J connectivity index is 1.53. The molecular weight excluding hydrogens is 356 g/mol. The maximum atomic E-state index is 12.9. The highest BCUT2D eigenvalue weighted by atomic mass is 16.5. The molecule has 2 aliphatic rings. The molecule has 6 heteroatoms. The number of carbonyl (C=O) groups excluding carboxylic acids is 1. The van der Waals surface area contributed by atoms with Crippen LogP contribution in [-0.4, -0.2) is 65.6 Å². The van der Waals surface area contributed by atoms with E-state index in [0.717, 1.165) is 44.4 Å². The van der Waals surface area contributed by atoms with E-state index >= 15 is 0 Å². The van der Waals surface area contributed by atoms with E-state index in [1.165, 1.54) is 19.3 Å². The summed E-state index contributed by atoms with van der Waals surface area (Å²) in [6.07, 6.45) is 8.93. The van der Waals surface area contributed by atoms with E-state index in [1.54, 1.807) is 0 Å². The van der Waals surface area contributed by atoms with Gasteiger partial charge in [0.05, 0.1) is 12.6 Å². The molecule has 1 amide bonds. The smallest absolute Gasteiger partial charge is 0.317 e. The van der Waals surface area contributed by atoms with Crippen molar-refractivity contribution in [3.8, 4) is 5.75 Å². The third-order valence-corrected chi connectivity index (χ3v) is 5.95. The van der Waals surface area contributed by atoms with E-state index in [4.69, 9.17) is 9.84 Å². The van der Waals surface area contributed by atoms with Gasteiger partial charge in [0.25, 0.3) is 5.91 Å². The second-order valence-electron chi connectivity index (χ2n) is 8.09. The third kappa shape index (κ3) is 5.71. The molecule has 1 saturated heterocycles. The van der Waals surface area contributed by atoms with Crippen LogP contribution in [0.15, 0.2) is 24.3 Å². The third-order valence-electron chi connectivity index (χ3n) is 5.95. The highest BCUT2D eigenvalue weighted by Crippen LogP contribution is 2.24. The molecule has 1 N–H and O–H groups in total. The van der Waals surface area contributed by atoms with Crippen LogP contribution in [0.25, 0.3) is 0 Å². The molecule has 0 bridgehead atoms. The molecule has 1 aromatic rings. The number of likely N-dealkylation sites (N-methyl/N-ethyl adjacent to an activating group) is 1. The molecule has 1 atom stereocenters. The fourth-order valence-corrected chi connectivity index (χ4v) is 4.30. The van der Waals surface area contributed by atoms with E-state index in [9.17, 15) is 9.59 Å². The van der Waals surface area contributed by atoms with E-state index < -0.39 is 5.97 Å². The highest BCUT2D eigenvalue weighted by Gasteiger charge is 2.24. The predicted molar refractivity (Wildman–Crippen MR) is 108 cm³/mol. The standard InChI is InChI=1S/C22H32N2O4/c1-23(16-21(25)26)18-6-5-14-24(15-13-18)22(27)17-9-11-20(12-10-17)28-19-7-3-2-4-8-19/h9-12,18-19H,2-8,13-16H2,1H3,(H,25,26). The van der Waals surface area contributed by atoms with Gasteiger partial charge in [0, 0.05) is 24.7 Å². The lowest BCUT2D eigenvalue weighted by atomic mass is 9.98. The maximum Gasteiger partial charge on any atom is 0.317 e. The zero-order valence-electron chi connectivity index (χ0n) is 16.8. The van der Waals surface area contributed by atoms with Crippen LogP contribution in [0.5, 0.6) is 5.75 Å². The van der Waals surface area contributed by atoms with Gasteiger partial charge >= 0.3 is 5.97 Å². The molecule has 0 spiro atoms. The van der Waals surface area contributed by atoms with Crippen molar-refractivity contribution in [1.82, 2.24) is 9.80 Å². The van der Waals surface area contributed by atoms with Crippen molar-refractivity contribution in [2.24, 2.45) is 0 Å². The van der Waals surface area contributed by atoms with Crippen LogP contribution in [0.2, 0.25) is 0 Å². The number of hydrogen-bond acceptors (Lipinski definition) is 4. The zero-order chi connectivity index (χ0) is 19.9. The number of ether oxygens (including phenoxy) is 1. The molecule has 0 aromatic heterocycles. The molecule has 2 fully saturated rings. The molecule has 1 aromatic carbocycles. The van der Waals surface area contributed by atoms with Crippen LogP contribution in [0, 0.1) is 0 Å². The predicted octanol–water partition coefficient (Wildman–Crippen LogP) is 3.41. The van der Waals surface area contributed by atoms with Crippen LogP contribution >= 0.6 is 0 Å². The number of hydrogen-bond donors (Lipinski definition) is 1. The van der Waals surface area contributed by atoms with Crippen molar-refractivity contribution < 1.29 is 19.4 Å². The number of aliphatic carboxylic acids is 1. The van der Waals surface area contributed by atoms with Gasteiger partial charge in [0.15, 0.2) is 0 Å². The number of benzene rings is 1. The topological polar surface area (TPSA) is 70.1 Å². The van der Waals surface area contributed by atoms with Gasteiger partial charge in [-0.15, -0.1) is 0 Å². The zero-order valence-corrected chi connectivity index (χ0v) is 16.8. The number of carboxylic acid groups (broad SMARTS) is 1. The van der Waals surface area contributed by atoms with Crippen LogP contribution in [0.1, 0.15) is 61.7 Å². The van der Waals surface area contributed by atoms with E-state index in [-0.39, 0.29) is 18.5 Å². The lowest BCUT2D eigenvalue weighted by Gasteiger charge is -2.25. The van der Waals surface area contributed by atoms with Gasteiger partial charge in [-0.05, 0) is 76.3 Å². The molecule has 3 rings (SSSR count). The molecule has 0 radical (unpaired) electrons. The van der Waals surface area contributed by atoms with Crippen LogP contribution in [0.4, 0.5) is 0 Å². The molecule has 28 heavy (non-hydrogen) atoms. The number of nitrogens with zero attached hydrogens (tertiary/aromatic N) is 2. The van der Waals surface area contributed by atoms with Gasteiger partial charge in [-0.25, -0.2) is 0 Å². The summed E-state index contributed by atoms with van der Waals surface area (Å²) >= 11 is 0. The summed E-state index contributed by atoms with van der Waals surface area (Å²) in [5.41, 5.74) is 0.688. The van der Waals surface area contributed by atoms with Gasteiger partial charge in [-0.1, -0.05) is 6.42 Å². The Labute approximate surface area is 167 Å². The Bertz CT molecular complexity index is 655. The van der Waals surface area contributed by atoms with Crippen molar-refractivity contribution in [3.63, 3.8) is 0 Å². The van der Waals surface area contributed by atoms with E-state index in [2.05, 4.69) is 0 Å². The molecule has 1 heterocycles. The normalized spacial score (nSPS) is 21.4. The van der Waals surface area contributed by atoms with Crippen LogP contribution < -0.4 is 4.74 Å². The Hall–Kier alpha value is -2.08. The summed E-state index contributed by atoms with van der Waals surface area (Å²) in [6.45, 7) is 1.42. The van der Waals surface area contributed by atoms with Gasteiger partial charge in [-0.2, -0.15) is 0 Å². The number of carbonyl (C=O) groups is 2. The number of amides is 1. The first kappa shape index (κ1) is 20.6. The number of likely N-dealkylation sites (tertiary alicyclic amines) is 1. The quantitative estimate of drug-likeness (QED) is 0.809. The fraction of sp³-hybridized carbons (Fsp3) is 0.636. The maximum absolute atomic E-state index is 12.9. The van der Waals surface area contributed by atoms with Crippen LogP contribution in [-0.2, 0) is 4.79 Å². The first-order chi connectivity index (χ1) is 13.5. The Morgan fingerprint density at radius 1 is 1.04 bits per heavy atom. The summed E-state index contributed by atoms with van der Waals surface area (Å²) in [5.74, 6) is 0.0793. The average Bonchev–Trinajstić information content (AvgIpc) is 2.95. The number of carboxylic acids is 1. The summed E-state index contributed by atoms with van der Waals surface area (Å²) < 4.78 is 6.05. The first-order valence-electron chi connectivity index (χ1n) is 10.5. The van der Waals surface area contributed by atoms with Crippen molar-refractivity contribution in [3.05, 3.63) is 29.8 Å². The lowest BCUT2D eigenvalue weighted by Crippen LogP contribution is -2.37. The molecule has 1 unspecified atom stereocenters. The Morgan fingerprint density at radius 2 is 1.75 bits per heavy atom. The molecule has 1 saturated carbocycles. The number of rotatable bonds is 6. The van der Waals surface area contributed by atoms with E-state index in [1.807, 2.05) is 41.1 Å². The average molecular weight is 389 g/mol. The Kier molecular flexibility index (Phi) is 7.31. The fourth-order valence-electron chi connectivity index (χ4n) is 4.30. The summed E-state index contributed by atoms with van der Waals surface area (Å²) in [7, 11) is 1.85. The van der Waals surface area contributed by atoms with Crippen molar-refractivity contribution in [1.29, 1.82) is 0 Å². The largest absolute Gasteiger partial charge is 0.490 e. The van der Waals surface area contributed by atoms with Gasteiger partial charge < -0.3 is 14.7 Å². The van der Waals surface area contributed by atoms with Gasteiger partial charge in [0.2, 0.25) is 0 Å². The monoisotopic (exact) mass is 388 g/mol. The van der Waals surface area contributed by atoms with Crippen molar-refractivity contribution >= 4 is 11.9 Å². The lowest BCUT2D eigenvalue weighted by molar-refractivity contribution is -0.138. The molecule has 6 nitrogen and oxygen atoms in total. The summed E-state index contributed by atoms with van der Waals surface area (Å²) in [6, 6.07) is 7.74. The molecule has 1 aliphatic carbocycles. The second kappa shape index (κ2) is 9.92. The minimum absolute atomic E-state index is 0.0427. The van der Waals surface area contributed by atoms with E-state index in [0.29, 0.717) is 18.2 Å². The molecule has 1 aliphatic heterocycles. The van der Waals surface area contributed by atoms with Crippen molar-refractivity contribution in [2.75, 3.05) is 26.7 Å². The Morgan fingerprint density at radius 3 is 2.43 bits per heavy atom. The molecular formula is C22H32N2O4. The van der Waals surface area contributed by atoms with Gasteiger partial charge in [0.1, 0.15) is 5.75 Å². The first-order valence-corrected chi connectivity index (χ1v) is 10.5. The minimum Gasteiger partial charge on any atom is -0.490 e. The van der Waals surface area contributed by atoms with Crippen molar-refractivity contribution in [2.45, 2.75) is 63.5 Å². The SMILES string of the molecule is CN(CC(=O)O)C1CCCN(C(=O)c2ccc(OC3CCCCC3)cc2)CC1. The van der Waals surface area contributed by atoms with Gasteiger partial charge in [-0.3, -0.25) is 14.5 Å². The molecule has 154 valence electrons. The highest BCUT2D eigenvalue weighted by molar-refractivity contribution is 5.94. The summed E-state index contributed by atoms with van der Waals surface area (Å²) in [5, 5.41) is 8.98. The van der Waals surface area contributed by atoms with Crippen LogP contribution in [0.3, 0.4) is 0 Å². The minimum atomic E-state index is -0.810.